The van der Waals surface area contributed by atoms with E-state index in [1.54, 1.807) is 0 Å². The Morgan fingerprint density at radius 3 is 1.85 bits per heavy atom. The predicted octanol–water partition coefficient (Wildman–Crippen LogP) is 4.78. The van der Waals surface area contributed by atoms with Crippen LogP contribution in [-0.4, -0.2) is 0 Å². The Bertz CT molecular complexity index is 145. The van der Waals surface area contributed by atoms with Gasteiger partial charge in [0.05, 0.1) is 0 Å². The minimum atomic E-state index is 0.631. The Morgan fingerprint density at radius 1 is 0.923 bits per heavy atom. The Kier molecular flexibility index (Phi) is 3.43. The first kappa shape index (κ1) is 11.1. The molecule has 1 rings (SSSR count). The second kappa shape index (κ2) is 4.02. The number of hydrogen-bond acceptors (Lipinski definition) is 0. The molecule has 1 aliphatic carbocycles. The third-order valence-corrected chi connectivity index (χ3v) is 4.19. The van der Waals surface area contributed by atoms with Crippen LogP contribution in [0.2, 0.25) is 0 Å². The molecule has 1 fully saturated rings. The van der Waals surface area contributed by atoms with Gasteiger partial charge in [-0.3, -0.25) is 0 Å². The molecule has 0 atom stereocenters. The molecule has 0 aromatic heterocycles. The van der Waals surface area contributed by atoms with Crippen molar-refractivity contribution in [3.8, 4) is 0 Å². The second-order valence-electron chi connectivity index (χ2n) is 5.77. The van der Waals surface area contributed by atoms with Crippen LogP contribution in [0.3, 0.4) is 0 Å². The lowest BCUT2D eigenvalue weighted by molar-refractivity contribution is 0.0875. The number of rotatable bonds is 3. The summed E-state index contributed by atoms with van der Waals surface area (Å²) in [6.07, 6.45) is 10.1. The molecule has 13 heavy (non-hydrogen) atoms. The molecule has 0 aromatic carbocycles. The van der Waals surface area contributed by atoms with E-state index in [2.05, 4.69) is 27.7 Å². The fraction of sp³-hybridized carbons (Fsp3) is 1.00. The molecule has 0 spiro atoms. The molecule has 0 radical (unpaired) electrons. The molecule has 0 heterocycles. The third-order valence-electron chi connectivity index (χ3n) is 4.19. The third kappa shape index (κ3) is 2.72. The van der Waals surface area contributed by atoms with Crippen molar-refractivity contribution in [2.24, 2.45) is 10.8 Å². The maximum Gasteiger partial charge on any atom is -0.0300 e. The van der Waals surface area contributed by atoms with Crippen LogP contribution in [0.5, 0.6) is 0 Å². The molecular weight excluding hydrogens is 156 g/mol. The Morgan fingerprint density at radius 2 is 1.46 bits per heavy atom. The van der Waals surface area contributed by atoms with Gasteiger partial charge in [0.15, 0.2) is 0 Å². The van der Waals surface area contributed by atoms with E-state index in [1.165, 1.54) is 44.9 Å². The van der Waals surface area contributed by atoms with Crippen LogP contribution in [0.25, 0.3) is 0 Å². The van der Waals surface area contributed by atoms with E-state index in [0.717, 1.165) is 5.41 Å². The lowest BCUT2D eigenvalue weighted by atomic mass is 9.62. The second-order valence-corrected chi connectivity index (χ2v) is 5.77. The minimum Gasteiger partial charge on any atom is -0.0654 e. The van der Waals surface area contributed by atoms with Gasteiger partial charge in [0, 0.05) is 0 Å². The highest BCUT2D eigenvalue weighted by Crippen LogP contribution is 2.49. The van der Waals surface area contributed by atoms with Gasteiger partial charge in [-0.2, -0.15) is 0 Å². The summed E-state index contributed by atoms with van der Waals surface area (Å²) in [7, 11) is 0. The molecule has 0 nitrogen and oxygen atoms in total. The fourth-order valence-electron chi connectivity index (χ4n) is 2.77. The van der Waals surface area contributed by atoms with E-state index in [4.69, 9.17) is 0 Å². The summed E-state index contributed by atoms with van der Waals surface area (Å²) in [4.78, 5) is 0. The zero-order chi connectivity index (χ0) is 9.95. The van der Waals surface area contributed by atoms with E-state index in [1.807, 2.05) is 0 Å². The zero-order valence-corrected chi connectivity index (χ0v) is 9.95. The lowest BCUT2D eigenvalue weighted by Crippen LogP contribution is -2.30. The van der Waals surface area contributed by atoms with Crippen molar-refractivity contribution in [3.05, 3.63) is 0 Å². The van der Waals surface area contributed by atoms with Gasteiger partial charge in [-0.15, -0.1) is 0 Å². The average molecular weight is 182 g/mol. The molecule has 1 aliphatic rings. The molecule has 0 bridgehead atoms. The predicted molar refractivity (Wildman–Crippen MR) is 59.9 cm³/mol. The molecular formula is C13H26. The van der Waals surface area contributed by atoms with E-state index in [0.29, 0.717) is 5.41 Å². The van der Waals surface area contributed by atoms with Crippen molar-refractivity contribution in [1.29, 1.82) is 0 Å². The van der Waals surface area contributed by atoms with Gasteiger partial charge in [-0.05, 0) is 42.9 Å². The smallest absolute Gasteiger partial charge is 0.0300 e. The Balaban J connectivity index is 2.52. The van der Waals surface area contributed by atoms with Crippen LogP contribution in [0, 0.1) is 10.8 Å². The number of hydrogen-bond donors (Lipinski definition) is 0. The van der Waals surface area contributed by atoms with Gasteiger partial charge in [-0.25, -0.2) is 0 Å². The first-order chi connectivity index (χ1) is 6.04. The summed E-state index contributed by atoms with van der Waals surface area (Å²) in [5.41, 5.74) is 1.36. The van der Waals surface area contributed by atoms with Crippen molar-refractivity contribution in [2.45, 2.75) is 72.6 Å². The summed E-state index contributed by atoms with van der Waals surface area (Å²) in [5, 5.41) is 0. The quantitative estimate of drug-likeness (QED) is 0.589. The molecule has 0 unspecified atom stereocenters. The summed E-state index contributed by atoms with van der Waals surface area (Å²) < 4.78 is 0. The first-order valence-corrected chi connectivity index (χ1v) is 6.04. The molecule has 0 aliphatic heterocycles. The van der Waals surface area contributed by atoms with Gasteiger partial charge >= 0.3 is 0 Å². The Labute approximate surface area is 84.1 Å². The molecule has 1 saturated carbocycles. The molecule has 0 saturated heterocycles. The van der Waals surface area contributed by atoms with Crippen LogP contribution in [0.4, 0.5) is 0 Å². The largest absolute Gasteiger partial charge is 0.0654 e. The highest BCUT2D eigenvalue weighted by molar-refractivity contribution is 4.87. The maximum atomic E-state index is 2.43. The summed E-state index contributed by atoms with van der Waals surface area (Å²) >= 11 is 0. The van der Waals surface area contributed by atoms with Crippen molar-refractivity contribution in [2.75, 3.05) is 0 Å². The minimum absolute atomic E-state index is 0.631. The first-order valence-electron chi connectivity index (χ1n) is 6.04. The van der Waals surface area contributed by atoms with Crippen LogP contribution in [0.15, 0.2) is 0 Å². The standard InChI is InChI=1S/C13H26/c1-5-7-13(6-2)10-8-12(3,4)9-11-13/h5-11H2,1-4H3. The highest BCUT2D eigenvalue weighted by Gasteiger charge is 2.35. The van der Waals surface area contributed by atoms with Gasteiger partial charge in [0.2, 0.25) is 0 Å². The summed E-state index contributed by atoms with van der Waals surface area (Å²) in [6, 6.07) is 0. The van der Waals surface area contributed by atoms with Crippen molar-refractivity contribution < 1.29 is 0 Å². The van der Waals surface area contributed by atoms with Crippen molar-refractivity contribution in [3.63, 3.8) is 0 Å². The van der Waals surface area contributed by atoms with Gasteiger partial charge in [0.25, 0.3) is 0 Å². The maximum absolute atomic E-state index is 2.43. The summed E-state index contributed by atoms with van der Waals surface area (Å²) in [5.74, 6) is 0. The van der Waals surface area contributed by atoms with E-state index < -0.39 is 0 Å². The zero-order valence-electron chi connectivity index (χ0n) is 9.95. The SMILES string of the molecule is CCCC1(CC)CCC(C)(C)CC1. The fourth-order valence-corrected chi connectivity index (χ4v) is 2.77. The van der Waals surface area contributed by atoms with Crippen LogP contribution in [-0.2, 0) is 0 Å². The molecule has 0 heteroatoms. The molecule has 0 N–H and O–H groups in total. The molecule has 0 aromatic rings. The topological polar surface area (TPSA) is 0 Å². The summed E-state index contributed by atoms with van der Waals surface area (Å²) in [6.45, 7) is 9.57. The van der Waals surface area contributed by atoms with Crippen molar-refractivity contribution in [1.82, 2.24) is 0 Å². The van der Waals surface area contributed by atoms with Gasteiger partial charge in [-0.1, -0.05) is 40.5 Å². The lowest BCUT2D eigenvalue weighted by Gasteiger charge is -2.43. The van der Waals surface area contributed by atoms with Crippen LogP contribution < -0.4 is 0 Å². The van der Waals surface area contributed by atoms with Gasteiger partial charge in [0.1, 0.15) is 0 Å². The van der Waals surface area contributed by atoms with Crippen LogP contribution >= 0.6 is 0 Å². The van der Waals surface area contributed by atoms with E-state index >= 15 is 0 Å². The normalized spacial score (nSPS) is 25.8. The average Bonchev–Trinajstić information content (AvgIpc) is 2.10. The van der Waals surface area contributed by atoms with Crippen molar-refractivity contribution >= 4 is 0 Å². The molecule has 78 valence electrons. The van der Waals surface area contributed by atoms with Crippen LogP contribution in [0.1, 0.15) is 72.6 Å². The monoisotopic (exact) mass is 182 g/mol. The molecule has 0 amide bonds. The highest BCUT2D eigenvalue weighted by atomic mass is 14.4. The van der Waals surface area contributed by atoms with E-state index in [9.17, 15) is 0 Å². The van der Waals surface area contributed by atoms with E-state index in [-0.39, 0.29) is 0 Å². The van der Waals surface area contributed by atoms with Gasteiger partial charge < -0.3 is 0 Å². The Hall–Kier alpha value is 0.